The van der Waals surface area contributed by atoms with E-state index in [4.69, 9.17) is 4.74 Å². The lowest BCUT2D eigenvalue weighted by atomic mass is 10.1. The molecule has 156 valence electrons. The number of rotatable bonds is 11. The van der Waals surface area contributed by atoms with Crippen LogP contribution in [0.1, 0.15) is 32.3 Å². The summed E-state index contributed by atoms with van der Waals surface area (Å²) in [6.07, 6.45) is 1.97. The molecule has 6 heteroatoms. The number of hydrogen-bond acceptors (Lipinski definition) is 3. The molecule has 0 aliphatic rings. The second-order valence-electron chi connectivity index (χ2n) is 6.78. The summed E-state index contributed by atoms with van der Waals surface area (Å²) in [4.78, 5) is 27.1. The van der Waals surface area contributed by atoms with Crippen LogP contribution in [0.4, 0.5) is 4.39 Å². The van der Waals surface area contributed by atoms with Crippen LogP contribution in [-0.2, 0) is 16.0 Å². The van der Waals surface area contributed by atoms with Crippen LogP contribution < -0.4 is 10.1 Å². The number of hydrogen-bond donors (Lipinski definition) is 1. The molecule has 29 heavy (non-hydrogen) atoms. The predicted octanol–water partition coefficient (Wildman–Crippen LogP) is 3.58. The maximum atomic E-state index is 13.0. The molecule has 2 rings (SSSR count). The number of carbonyl (C=O) groups is 2. The quantitative estimate of drug-likeness (QED) is 0.627. The zero-order chi connectivity index (χ0) is 21.1. The molecule has 0 unspecified atom stereocenters. The smallest absolute Gasteiger partial charge is 0.261 e. The Bertz CT molecular complexity index is 765. The van der Waals surface area contributed by atoms with Crippen LogP contribution in [0.3, 0.4) is 0 Å². The van der Waals surface area contributed by atoms with Crippen LogP contribution in [0.15, 0.2) is 54.6 Å². The Labute approximate surface area is 171 Å². The van der Waals surface area contributed by atoms with E-state index in [0.717, 1.165) is 12.0 Å². The van der Waals surface area contributed by atoms with Crippen molar-refractivity contribution in [1.29, 1.82) is 0 Å². The largest absolute Gasteiger partial charge is 0.484 e. The molecule has 1 atom stereocenters. The van der Waals surface area contributed by atoms with Gasteiger partial charge in [-0.05, 0) is 49.1 Å². The average Bonchev–Trinajstić information content (AvgIpc) is 2.75. The highest BCUT2D eigenvalue weighted by molar-refractivity contribution is 5.88. The Hall–Kier alpha value is -2.89. The maximum Gasteiger partial charge on any atom is 0.261 e. The number of halogens is 1. The number of carbonyl (C=O) groups excluding carboxylic acids is 2. The third kappa shape index (κ3) is 7.22. The van der Waals surface area contributed by atoms with E-state index >= 15 is 0 Å². The molecule has 0 aromatic heterocycles. The molecule has 0 saturated carbocycles. The van der Waals surface area contributed by atoms with E-state index in [2.05, 4.69) is 5.32 Å². The first-order chi connectivity index (χ1) is 14.0. The van der Waals surface area contributed by atoms with Gasteiger partial charge in [-0.3, -0.25) is 9.59 Å². The number of nitrogens with one attached hydrogen (secondary N) is 1. The molecule has 1 N–H and O–H groups in total. The summed E-state index contributed by atoms with van der Waals surface area (Å²) in [5.74, 6) is -0.389. The van der Waals surface area contributed by atoms with Gasteiger partial charge < -0.3 is 15.0 Å². The second-order valence-corrected chi connectivity index (χ2v) is 6.78. The van der Waals surface area contributed by atoms with Crippen molar-refractivity contribution in [3.05, 3.63) is 66.0 Å². The lowest BCUT2D eigenvalue weighted by Gasteiger charge is -2.30. The first-order valence-corrected chi connectivity index (χ1v) is 10.0. The minimum absolute atomic E-state index is 0.155. The van der Waals surface area contributed by atoms with Gasteiger partial charge in [0.05, 0.1) is 0 Å². The first kappa shape index (κ1) is 22.4. The van der Waals surface area contributed by atoms with Crippen molar-refractivity contribution in [2.24, 2.45) is 0 Å². The van der Waals surface area contributed by atoms with E-state index in [1.165, 1.54) is 24.3 Å². The molecule has 2 amide bonds. The number of benzene rings is 2. The van der Waals surface area contributed by atoms with Crippen LogP contribution >= 0.6 is 0 Å². The highest BCUT2D eigenvalue weighted by atomic mass is 19.1. The van der Waals surface area contributed by atoms with Gasteiger partial charge in [-0.15, -0.1) is 0 Å². The lowest BCUT2D eigenvalue weighted by molar-refractivity contribution is -0.142. The number of nitrogens with zero attached hydrogens (tertiary/aromatic N) is 1. The van der Waals surface area contributed by atoms with Gasteiger partial charge >= 0.3 is 0 Å². The molecule has 0 fully saturated rings. The Morgan fingerprint density at radius 1 is 1.07 bits per heavy atom. The highest BCUT2D eigenvalue weighted by Gasteiger charge is 2.28. The van der Waals surface area contributed by atoms with Crippen LogP contribution in [0, 0.1) is 5.82 Å². The molecule has 0 aliphatic heterocycles. The molecule has 0 bridgehead atoms. The van der Waals surface area contributed by atoms with Crippen molar-refractivity contribution in [1.82, 2.24) is 10.2 Å². The van der Waals surface area contributed by atoms with Crippen LogP contribution in [0.5, 0.6) is 5.75 Å². The monoisotopic (exact) mass is 400 g/mol. The molecule has 0 heterocycles. The number of amides is 2. The third-order valence-electron chi connectivity index (χ3n) is 4.60. The summed E-state index contributed by atoms with van der Waals surface area (Å²) in [6.45, 7) is 4.64. The standard InChI is InChI=1S/C23H29FN2O3/c1-3-15-25-23(28)21(4-2)26(16-14-18-8-6-5-7-9-18)22(27)17-29-20-12-10-19(24)11-13-20/h5-13,21H,3-4,14-17H2,1-2H3,(H,25,28)/t21-/m0/s1. The fourth-order valence-corrected chi connectivity index (χ4v) is 3.02. The second kappa shape index (κ2) is 11.8. The van der Waals surface area contributed by atoms with Crippen molar-refractivity contribution in [3.8, 4) is 5.75 Å². The van der Waals surface area contributed by atoms with Crippen LogP contribution in [-0.4, -0.2) is 42.5 Å². The zero-order valence-electron chi connectivity index (χ0n) is 17.1. The molecule has 0 spiro atoms. The van der Waals surface area contributed by atoms with Gasteiger partial charge in [0.25, 0.3) is 5.91 Å². The molecular weight excluding hydrogens is 371 g/mol. The Morgan fingerprint density at radius 2 is 1.76 bits per heavy atom. The molecule has 5 nitrogen and oxygen atoms in total. The summed E-state index contributed by atoms with van der Waals surface area (Å²) < 4.78 is 18.6. The van der Waals surface area contributed by atoms with Crippen molar-refractivity contribution in [3.63, 3.8) is 0 Å². The van der Waals surface area contributed by atoms with E-state index in [0.29, 0.717) is 31.7 Å². The summed E-state index contributed by atoms with van der Waals surface area (Å²) in [6, 6.07) is 14.8. The van der Waals surface area contributed by atoms with Crippen molar-refractivity contribution < 1.29 is 18.7 Å². The van der Waals surface area contributed by atoms with Crippen LogP contribution in [0.25, 0.3) is 0 Å². The van der Waals surface area contributed by atoms with Gasteiger partial charge in [0.1, 0.15) is 17.6 Å². The van der Waals surface area contributed by atoms with Crippen molar-refractivity contribution in [2.75, 3.05) is 19.7 Å². The molecule has 0 aliphatic carbocycles. The van der Waals surface area contributed by atoms with E-state index in [9.17, 15) is 14.0 Å². The van der Waals surface area contributed by atoms with Crippen molar-refractivity contribution in [2.45, 2.75) is 39.2 Å². The molecule has 0 radical (unpaired) electrons. The van der Waals surface area contributed by atoms with Gasteiger partial charge in [0.2, 0.25) is 5.91 Å². The summed E-state index contributed by atoms with van der Waals surface area (Å²) in [5.41, 5.74) is 1.09. The molecular formula is C23H29FN2O3. The number of ether oxygens (including phenoxy) is 1. The highest BCUT2D eigenvalue weighted by Crippen LogP contribution is 2.13. The molecule has 2 aromatic rings. The van der Waals surface area contributed by atoms with E-state index in [1.807, 2.05) is 44.2 Å². The van der Waals surface area contributed by atoms with Gasteiger partial charge in [-0.25, -0.2) is 4.39 Å². The maximum absolute atomic E-state index is 13.0. The predicted molar refractivity (Wildman–Crippen MR) is 111 cm³/mol. The summed E-state index contributed by atoms with van der Waals surface area (Å²) in [7, 11) is 0. The SMILES string of the molecule is CCCNC(=O)[C@H](CC)N(CCc1ccccc1)C(=O)COc1ccc(F)cc1. The van der Waals surface area contributed by atoms with Gasteiger partial charge in [-0.1, -0.05) is 44.2 Å². The topological polar surface area (TPSA) is 58.6 Å². The van der Waals surface area contributed by atoms with E-state index < -0.39 is 6.04 Å². The van der Waals surface area contributed by atoms with Gasteiger partial charge in [0.15, 0.2) is 6.61 Å². The zero-order valence-corrected chi connectivity index (χ0v) is 17.1. The normalized spacial score (nSPS) is 11.6. The lowest BCUT2D eigenvalue weighted by Crippen LogP contribution is -2.51. The Morgan fingerprint density at radius 3 is 2.38 bits per heavy atom. The summed E-state index contributed by atoms with van der Waals surface area (Å²) >= 11 is 0. The fourth-order valence-electron chi connectivity index (χ4n) is 3.02. The average molecular weight is 400 g/mol. The molecule has 2 aromatic carbocycles. The van der Waals surface area contributed by atoms with Crippen LogP contribution in [0.2, 0.25) is 0 Å². The van der Waals surface area contributed by atoms with E-state index in [-0.39, 0.29) is 24.2 Å². The Kier molecular flexibility index (Phi) is 9.15. The molecule has 0 saturated heterocycles. The first-order valence-electron chi connectivity index (χ1n) is 10.0. The fraction of sp³-hybridized carbons (Fsp3) is 0.391. The summed E-state index contributed by atoms with van der Waals surface area (Å²) in [5, 5.41) is 2.88. The van der Waals surface area contributed by atoms with Gasteiger partial charge in [-0.2, -0.15) is 0 Å². The Balaban J connectivity index is 2.09. The van der Waals surface area contributed by atoms with Crippen molar-refractivity contribution >= 4 is 11.8 Å². The minimum atomic E-state index is -0.561. The van der Waals surface area contributed by atoms with E-state index in [1.54, 1.807) is 4.90 Å². The minimum Gasteiger partial charge on any atom is -0.484 e. The third-order valence-corrected chi connectivity index (χ3v) is 4.60. The van der Waals surface area contributed by atoms with Gasteiger partial charge in [0, 0.05) is 13.1 Å².